The molecular formula is C55H60N12O10. The maximum Gasteiger partial charge on any atom is 0.329 e. The number of amides is 4. The number of fused-ring (bicyclic) bond motifs is 8. The topological polar surface area (TPSA) is 260 Å². The van der Waals surface area contributed by atoms with Crippen LogP contribution in [0.1, 0.15) is 71.6 Å². The predicted octanol–water partition coefficient (Wildman–Crippen LogP) is 5.90. The molecule has 0 spiro atoms. The van der Waals surface area contributed by atoms with E-state index in [-0.39, 0.29) is 48.2 Å². The third-order valence-corrected chi connectivity index (χ3v) is 13.7. The van der Waals surface area contributed by atoms with Crippen LogP contribution in [0.2, 0.25) is 0 Å². The van der Waals surface area contributed by atoms with Crippen LogP contribution in [0.4, 0.5) is 44.2 Å². The summed E-state index contributed by atoms with van der Waals surface area (Å²) in [5.41, 5.74) is 4.29. The van der Waals surface area contributed by atoms with Gasteiger partial charge < -0.3 is 39.0 Å². The number of ketones is 2. The lowest BCUT2D eigenvalue weighted by molar-refractivity contribution is -0.141. The van der Waals surface area contributed by atoms with Gasteiger partial charge in [-0.05, 0) is 99.2 Å². The summed E-state index contributed by atoms with van der Waals surface area (Å²) in [6, 6.07) is 20.5. The molecular weight excluding hydrogens is 989 g/mol. The fraction of sp³-hybridized carbons (Fsp3) is 0.382. The Morgan fingerprint density at radius 1 is 0.714 bits per heavy atom. The highest BCUT2D eigenvalue weighted by molar-refractivity contribution is 6.06. The van der Waals surface area contributed by atoms with Gasteiger partial charge in [-0.15, -0.1) is 0 Å². The van der Waals surface area contributed by atoms with Gasteiger partial charge in [-0.25, -0.2) is 29.5 Å². The summed E-state index contributed by atoms with van der Waals surface area (Å²) < 4.78 is 22.7. The van der Waals surface area contributed by atoms with Gasteiger partial charge in [0.1, 0.15) is 59.9 Å². The van der Waals surface area contributed by atoms with Crippen molar-refractivity contribution >= 4 is 58.3 Å². The number of urea groups is 2. The van der Waals surface area contributed by atoms with Crippen molar-refractivity contribution in [2.24, 2.45) is 0 Å². The van der Waals surface area contributed by atoms with E-state index in [0.29, 0.717) is 92.3 Å². The van der Waals surface area contributed by atoms with E-state index in [1.165, 1.54) is 6.20 Å². The monoisotopic (exact) mass is 1050 g/mol. The first-order valence-corrected chi connectivity index (χ1v) is 25.7. The van der Waals surface area contributed by atoms with Crippen LogP contribution >= 0.6 is 0 Å². The highest BCUT2D eigenvalue weighted by atomic mass is 16.7. The number of aromatic nitrogens is 6. The molecule has 4 bridgehead atoms. The van der Waals surface area contributed by atoms with Gasteiger partial charge in [-0.1, -0.05) is 12.1 Å². The second kappa shape index (κ2) is 23.4. The number of aliphatic hydroxyl groups is 2. The van der Waals surface area contributed by atoms with Gasteiger partial charge in [-0.3, -0.25) is 40.0 Å². The zero-order chi connectivity index (χ0) is 53.5. The molecule has 11 rings (SSSR count). The van der Waals surface area contributed by atoms with Gasteiger partial charge in [0, 0.05) is 88.3 Å². The Morgan fingerprint density at radius 2 is 1.23 bits per heavy atom. The van der Waals surface area contributed by atoms with Gasteiger partial charge in [0.05, 0.1) is 36.7 Å². The summed E-state index contributed by atoms with van der Waals surface area (Å²) in [4.78, 5) is 86.7. The number of ether oxygens (including phenoxy) is 4. The van der Waals surface area contributed by atoms with E-state index in [4.69, 9.17) is 29.0 Å². The maximum absolute atomic E-state index is 13.6. The third-order valence-electron chi connectivity index (χ3n) is 13.7. The lowest BCUT2D eigenvalue weighted by Crippen LogP contribution is -2.48. The van der Waals surface area contributed by atoms with E-state index in [0.717, 1.165) is 48.4 Å². The number of hydrogen-bond acceptors (Lipinski definition) is 18. The van der Waals surface area contributed by atoms with E-state index in [2.05, 4.69) is 45.4 Å². The first-order valence-electron chi connectivity index (χ1n) is 25.7. The average molecular weight is 1050 g/mol. The highest BCUT2D eigenvalue weighted by Gasteiger charge is 2.42. The van der Waals surface area contributed by atoms with Crippen LogP contribution in [0, 0.1) is 0 Å². The van der Waals surface area contributed by atoms with Crippen LogP contribution in [0.25, 0.3) is 0 Å². The van der Waals surface area contributed by atoms with Crippen molar-refractivity contribution < 1.29 is 48.3 Å². The Kier molecular flexibility index (Phi) is 15.9. The Balaban J connectivity index is 0.000000175. The lowest BCUT2D eigenvalue weighted by Gasteiger charge is -2.35. The number of aliphatic hydroxyl groups excluding tert-OH is 2. The quantitative estimate of drug-likeness (QED) is 0.0775. The van der Waals surface area contributed by atoms with Crippen molar-refractivity contribution in [2.75, 3.05) is 82.8 Å². The molecule has 5 aliphatic heterocycles. The molecule has 6 aromatic rings. The molecule has 22 nitrogen and oxygen atoms in total. The Hall–Kier alpha value is -8.18. The number of Topliss-reactive ketones (excluding diaryl/α,β-unsaturated/α-hetero) is 2. The minimum absolute atomic E-state index is 0.0527. The van der Waals surface area contributed by atoms with Gasteiger partial charge in [0.25, 0.3) is 0 Å². The van der Waals surface area contributed by atoms with Crippen LogP contribution in [-0.2, 0) is 22.3 Å². The van der Waals surface area contributed by atoms with Crippen molar-refractivity contribution in [3.8, 4) is 11.5 Å². The standard InChI is InChI=1S/C29H32N6O5.C26H28N6O5/c1-29(2)39-18-22(40-29)17-38-21-9-12-31-26(14-21)33-28(37)35-20-10-13-34(16-20)24-7-6-23(32-27(24)35)25(36)8-5-19-4-3-11-30-15-19;33-15-19(34)16-37-20-7-10-28-24(12-20)30-26(36)32-18-8-11-31(14-18)22-5-4-21(29-25(22)32)23(35)6-3-17-2-1-9-27-13-17/h3-4,6-7,9,11-12,14-15,20,22H,5,8,10,13,16-18H2,1-2H3,(H,31,33,37);1-2,4-5,7,9-10,12-13,18-19,33-34H,3,6,8,11,14-16H2,(H,28,30,36)/t20-,22-;18-,19+/m00/s1. The first-order chi connectivity index (χ1) is 37.4. The summed E-state index contributed by atoms with van der Waals surface area (Å²) in [7, 11) is 0. The molecule has 5 aliphatic rings. The fourth-order valence-electron chi connectivity index (χ4n) is 9.88. The molecule has 3 saturated heterocycles. The minimum Gasteiger partial charge on any atom is -0.491 e. The Labute approximate surface area is 444 Å². The van der Waals surface area contributed by atoms with Crippen molar-refractivity contribution in [3.05, 3.63) is 132 Å². The third kappa shape index (κ3) is 12.6. The number of aryl methyl sites for hydroxylation is 2. The molecule has 4 N–H and O–H groups in total. The number of nitrogens with one attached hydrogen (secondary N) is 2. The van der Waals surface area contributed by atoms with Crippen LogP contribution in [0.5, 0.6) is 11.5 Å². The molecule has 0 unspecified atom stereocenters. The van der Waals surface area contributed by atoms with Crippen LogP contribution in [0.15, 0.2) is 110 Å². The maximum atomic E-state index is 13.6. The number of anilines is 6. The van der Waals surface area contributed by atoms with Crippen molar-refractivity contribution in [1.82, 2.24) is 29.9 Å². The summed E-state index contributed by atoms with van der Waals surface area (Å²) in [6.07, 6.45) is 12.1. The normalized spacial score (nSPS) is 18.8. The average Bonchev–Trinajstić information content (AvgIpc) is 4.19. The molecule has 77 heavy (non-hydrogen) atoms. The zero-order valence-corrected chi connectivity index (χ0v) is 42.7. The molecule has 0 saturated carbocycles. The van der Waals surface area contributed by atoms with Gasteiger partial charge in [0.2, 0.25) is 0 Å². The SMILES string of the molecule is CC1(C)OC[C@H](COc2ccnc(NC(=O)N3c4nc(C(=O)CCc5cccnc5)ccc4N4CC[C@H]3C4)c2)O1.O=C(CCc1cccnc1)c1ccc2c(n1)N(C(=O)Nc1cc(OC[C@H](O)CO)ccn1)[C@H]1CCN2C1. The highest BCUT2D eigenvalue weighted by Crippen LogP contribution is 2.41. The second-order valence-corrected chi connectivity index (χ2v) is 19.7. The number of hydrogen-bond donors (Lipinski definition) is 4. The first kappa shape index (κ1) is 52.3. The number of carbonyl (C=O) groups excluding carboxylic acids is 4. The summed E-state index contributed by atoms with van der Waals surface area (Å²) >= 11 is 0. The number of pyridine rings is 6. The van der Waals surface area contributed by atoms with Crippen LogP contribution < -0.4 is 39.7 Å². The minimum atomic E-state index is -1.01. The zero-order valence-electron chi connectivity index (χ0n) is 42.7. The van der Waals surface area contributed by atoms with E-state index in [1.54, 1.807) is 77.2 Å². The summed E-state index contributed by atoms with van der Waals surface area (Å²) in [5, 5.41) is 24.2. The van der Waals surface area contributed by atoms with Gasteiger partial charge in [0.15, 0.2) is 29.0 Å². The van der Waals surface area contributed by atoms with Crippen molar-refractivity contribution in [3.63, 3.8) is 0 Å². The Morgan fingerprint density at radius 3 is 1.70 bits per heavy atom. The smallest absolute Gasteiger partial charge is 0.329 e. The largest absolute Gasteiger partial charge is 0.491 e. The molecule has 4 amide bonds. The van der Waals surface area contributed by atoms with Crippen LogP contribution in [-0.4, -0.2) is 146 Å². The summed E-state index contributed by atoms with van der Waals surface area (Å²) in [6.45, 7) is 7.02. The number of nitrogens with zero attached hydrogens (tertiary/aromatic N) is 10. The molecule has 0 aliphatic carbocycles. The van der Waals surface area contributed by atoms with Crippen molar-refractivity contribution in [1.29, 1.82) is 0 Å². The molecule has 0 radical (unpaired) electrons. The summed E-state index contributed by atoms with van der Waals surface area (Å²) in [5.74, 6) is 1.73. The van der Waals surface area contributed by atoms with Crippen molar-refractivity contribution in [2.45, 2.75) is 82.5 Å². The van der Waals surface area contributed by atoms with Crippen LogP contribution in [0.3, 0.4) is 0 Å². The van der Waals surface area contributed by atoms with E-state index in [1.807, 2.05) is 50.2 Å². The second-order valence-electron chi connectivity index (χ2n) is 19.7. The van der Waals surface area contributed by atoms with Gasteiger partial charge >= 0.3 is 12.1 Å². The van der Waals surface area contributed by atoms with E-state index < -0.39 is 24.5 Å². The molecule has 0 aromatic carbocycles. The molecule has 3 fully saturated rings. The van der Waals surface area contributed by atoms with Gasteiger partial charge in [-0.2, -0.15) is 0 Å². The number of rotatable bonds is 17. The fourth-order valence-corrected chi connectivity index (χ4v) is 9.88. The molecule has 11 heterocycles. The van der Waals surface area contributed by atoms with E-state index >= 15 is 0 Å². The molecule has 4 atom stereocenters. The number of carbonyl (C=O) groups is 4. The molecule has 22 heteroatoms. The Bertz CT molecular complexity index is 3080. The lowest BCUT2D eigenvalue weighted by atomic mass is 10.1. The van der Waals surface area contributed by atoms with E-state index in [9.17, 15) is 24.3 Å². The molecule has 400 valence electrons. The molecule has 6 aromatic heterocycles. The predicted molar refractivity (Wildman–Crippen MR) is 284 cm³/mol.